The summed E-state index contributed by atoms with van der Waals surface area (Å²) in [6, 6.07) is 0. The first-order chi connectivity index (χ1) is 10.6. The van der Waals surface area contributed by atoms with E-state index in [0.29, 0.717) is 6.54 Å². The van der Waals surface area contributed by atoms with Gasteiger partial charge < -0.3 is 15.0 Å². The molecule has 0 aliphatic carbocycles. The van der Waals surface area contributed by atoms with E-state index in [4.69, 9.17) is 4.74 Å². The third-order valence-electron chi connectivity index (χ3n) is 4.64. The molecule has 1 aromatic heterocycles. The van der Waals surface area contributed by atoms with Crippen LogP contribution in [0.4, 0.5) is 5.95 Å². The van der Waals surface area contributed by atoms with Crippen molar-refractivity contribution in [3.8, 4) is 0 Å². The average Bonchev–Trinajstić information content (AvgIpc) is 2.90. The lowest BCUT2D eigenvalue weighted by molar-refractivity contribution is -0.120. The van der Waals surface area contributed by atoms with Gasteiger partial charge in [0.25, 0.3) is 0 Å². The van der Waals surface area contributed by atoms with E-state index in [2.05, 4.69) is 20.2 Å². The van der Waals surface area contributed by atoms with Crippen LogP contribution >= 0.6 is 0 Å². The van der Waals surface area contributed by atoms with E-state index in [1.807, 2.05) is 19.3 Å². The summed E-state index contributed by atoms with van der Waals surface area (Å²) in [5.41, 5.74) is 1.07. The normalized spacial score (nSPS) is 23.7. The van der Waals surface area contributed by atoms with Crippen LogP contribution < -0.4 is 10.2 Å². The van der Waals surface area contributed by atoms with E-state index >= 15 is 0 Å². The number of nitrogens with one attached hydrogen (secondary N) is 1. The molecule has 1 atom stereocenters. The second-order valence-corrected chi connectivity index (χ2v) is 6.45. The number of rotatable bonds is 3. The molecule has 0 unspecified atom stereocenters. The minimum absolute atomic E-state index is 0.00959. The Labute approximate surface area is 131 Å². The monoisotopic (exact) mass is 304 g/mol. The van der Waals surface area contributed by atoms with Crippen molar-refractivity contribution in [2.75, 3.05) is 24.5 Å². The predicted molar refractivity (Wildman–Crippen MR) is 83.7 cm³/mol. The fraction of sp³-hybridized carbons (Fsp3) is 0.688. The molecule has 0 saturated carbocycles. The number of carbonyl (C=O) groups is 1. The summed E-state index contributed by atoms with van der Waals surface area (Å²) in [6.07, 6.45) is 8.00. The van der Waals surface area contributed by atoms with Crippen LogP contribution in [-0.2, 0) is 9.53 Å². The molecular weight excluding hydrogens is 280 g/mol. The lowest BCUT2D eigenvalue weighted by Gasteiger charge is -2.39. The van der Waals surface area contributed by atoms with E-state index in [0.717, 1.165) is 50.3 Å². The van der Waals surface area contributed by atoms with Gasteiger partial charge in [-0.15, -0.1) is 0 Å². The summed E-state index contributed by atoms with van der Waals surface area (Å²) >= 11 is 0. The van der Waals surface area contributed by atoms with Gasteiger partial charge in [-0.1, -0.05) is 0 Å². The number of nitrogens with zero attached hydrogens (tertiary/aromatic N) is 3. The summed E-state index contributed by atoms with van der Waals surface area (Å²) in [5.74, 6) is 0.823. The Morgan fingerprint density at radius 1 is 1.36 bits per heavy atom. The van der Waals surface area contributed by atoms with Gasteiger partial charge in [0.15, 0.2) is 0 Å². The van der Waals surface area contributed by atoms with Gasteiger partial charge in [-0.05, 0) is 38.2 Å². The second kappa shape index (κ2) is 6.20. The topological polar surface area (TPSA) is 67.4 Å². The maximum absolute atomic E-state index is 11.0. The van der Waals surface area contributed by atoms with E-state index < -0.39 is 0 Å². The number of aryl methyl sites for hydroxylation is 1. The maximum atomic E-state index is 11.0. The first-order valence-electron chi connectivity index (χ1n) is 8.02. The number of anilines is 1. The first-order valence-corrected chi connectivity index (χ1v) is 8.02. The Morgan fingerprint density at radius 2 is 2.05 bits per heavy atom. The summed E-state index contributed by atoms with van der Waals surface area (Å²) in [6.45, 7) is 6.02. The highest BCUT2D eigenvalue weighted by Gasteiger charge is 2.42. The zero-order valence-electron chi connectivity index (χ0n) is 13.3. The molecule has 3 heterocycles. The van der Waals surface area contributed by atoms with Crippen LogP contribution in [0.25, 0.3) is 0 Å². The second-order valence-electron chi connectivity index (χ2n) is 6.45. The van der Waals surface area contributed by atoms with E-state index in [9.17, 15) is 4.79 Å². The molecule has 2 aliphatic rings. The van der Waals surface area contributed by atoms with E-state index in [1.54, 1.807) is 6.92 Å². The zero-order valence-corrected chi connectivity index (χ0v) is 13.3. The summed E-state index contributed by atoms with van der Waals surface area (Å²) < 4.78 is 6.26. The Kier molecular flexibility index (Phi) is 4.29. The Hall–Kier alpha value is -1.69. The van der Waals surface area contributed by atoms with Crippen molar-refractivity contribution in [3.63, 3.8) is 0 Å². The summed E-state index contributed by atoms with van der Waals surface area (Å²) in [7, 11) is 0. The van der Waals surface area contributed by atoms with Crippen LogP contribution in [0.15, 0.2) is 12.4 Å². The van der Waals surface area contributed by atoms with Crippen LogP contribution in [0.1, 0.15) is 38.2 Å². The SMILES string of the molecule is CC(=O)NC[C@@H]1CCC2(CCN(c3ncc(C)cn3)CC2)O1. The van der Waals surface area contributed by atoms with Crippen molar-refractivity contribution in [2.24, 2.45) is 0 Å². The number of aromatic nitrogens is 2. The largest absolute Gasteiger partial charge is 0.370 e. The molecule has 0 aromatic carbocycles. The standard InChI is InChI=1S/C16H24N4O2/c1-12-9-18-15(19-10-12)20-7-5-16(6-8-20)4-3-14(22-16)11-17-13(2)21/h9-10,14H,3-8,11H2,1-2H3,(H,17,21)/t14-/m0/s1. The zero-order chi connectivity index (χ0) is 15.6. The molecule has 0 radical (unpaired) electrons. The van der Waals surface area contributed by atoms with Crippen LogP contribution in [-0.4, -0.2) is 47.2 Å². The number of hydrogen-bond donors (Lipinski definition) is 1. The quantitative estimate of drug-likeness (QED) is 0.915. The van der Waals surface area contributed by atoms with Crippen molar-refractivity contribution in [2.45, 2.75) is 51.2 Å². The highest BCUT2D eigenvalue weighted by Crippen LogP contribution is 2.39. The Bertz CT molecular complexity index is 523. The highest BCUT2D eigenvalue weighted by atomic mass is 16.5. The number of piperidine rings is 1. The fourth-order valence-corrected chi connectivity index (χ4v) is 3.33. The molecule has 1 N–H and O–H groups in total. The van der Waals surface area contributed by atoms with Gasteiger partial charge in [0, 0.05) is 39.0 Å². The van der Waals surface area contributed by atoms with Crippen LogP contribution in [0, 0.1) is 6.92 Å². The van der Waals surface area contributed by atoms with Gasteiger partial charge in [-0.3, -0.25) is 4.79 Å². The first kappa shape index (κ1) is 15.2. The molecule has 6 heteroatoms. The third-order valence-corrected chi connectivity index (χ3v) is 4.64. The Morgan fingerprint density at radius 3 is 2.68 bits per heavy atom. The molecule has 2 aliphatic heterocycles. The van der Waals surface area contributed by atoms with Gasteiger partial charge in [0.05, 0.1) is 11.7 Å². The molecule has 0 bridgehead atoms. The highest BCUT2D eigenvalue weighted by molar-refractivity contribution is 5.72. The van der Waals surface area contributed by atoms with Crippen molar-refractivity contribution in [1.82, 2.24) is 15.3 Å². The van der Waals surface area contributed by atoms with Gasteiger partial charge in [0.1, 0.15) is 0 Å². The maximum Gasteiger partial charge on any atom is 0.225 e. The lowest BCUT2D eigenvalue weighted by atomic mass is 9.88. The van der Waals surface area contributed by atoms with Crippen molar-refractivity contribution < 1.29 is 9.53 Å². The number of carbonyl (C=O) groups excluding carboxylic acids is 1. The third kappa shape index (κ3) is 3.38. The summed E-state index contributed by atoms with van der Waals surface area (Å²) in [4.78, 5) is 22.1. The van der Waals surface area contributed by atoms with Crippen molar-refractivity contribution in [1.29, 1.82) is 0 Å². The smallest absolute Gasteiger partial charge is 0.225 e. The molecular formula is C16H24N4O2. The minimum atomic E-state index is -0.00959. The van der Waals surface area contributed by atoms with Crippen LogP contribution in [0.2, 0.25) is 0 Å². The predicted octanol–water partition coefficient (Wildman–Crippen LogP) is 1.44. The van der Waals surface area contributed by atoms with Gasteiger partial charge in [-0.25, -0.2) is 9.97 Å². The molecule has 2 fully saturated rings. The molecule has 1 spiro atoms. The molecule has 1 amide bonds. The fourth-order valence-electron chi connectivity index (χ4n) is 3.33. The van der Waals surface area contributed by atoms with E-state index in [1.165, 1.54) is 0 Å². The lowest BCUT2D eigenvalue weighted by Crippen LogP contribution is -2.45. The number of ether oxygens (including phenoxy) is 1. The number of amides is 1. The van der Waals surface area contributed by atoms with Gasteiger partial charge in [0.2, 0.25) is 11.9 Å². The molecule has 22 heavy (non-hydrogen) atoms. The minimum Gasteiger partial charge on any atom is -0.370 e. The van der Waals surface area contributed by atoms with Crippen LogP contribution in [0.3, 0.4) is 0 Å². The van der Waals surface area contributed by atoms with Crippen molar-refractivity contribution in [3.05, 3.63) is 18.0 Å². The van der Waals surface area contributed by atoms with Crippen molar-refractivity contribution >= 4 is 11.9 Å². The van der Waals surface area contributed by atoms with Gasteiger partial charge >= 0.3 is 0 Å². The molecule has 1 aromatic rings. The molecule has 120 valence electrons. The summed E-state index contributed by atoms with van der Waals surface area (Å²) in [5, 5.41) is 2.86. The van der Waals surface area contributed by atoms with Gasteiger partial charge in [-0.2, -0.15) is 0 Å². The average molecular weight is 304 g/mol. The molecule has 3 rings (SSSR count). The van der Waals surface area contributed by atoms with Crippen LogP contribution in [0.5, 0.6) is 0 Å². The Balaban J connectivity index is 1.53. The van der Waals surface area contributed by atoms with E-state index in [-0.39, 0.29) is 17.6 Å². The number of hydrogen-bond acceptors (Lipinski definition) is 5. The molecule has 6 nitrogen and oxygen atoms in total. The molecule has 2 saturated heterocycles.